The van der Waals surface area contributed by atoms with Crippen molar-refractivity contribution in [2.24, 2.45) is 0 Å². The van der Waals surface area contributed by atoms with E-state index in [1.807, 2.05) is 44.1 Å². The number of nitrogens with zero attached hydrogens (tertiary/aromatic N) is 6. The van der Waals surface area contributed by atoms with Crippen molar-refractivity contribution in [3.05, 3.63) is 41.9 Å². The van der Waals surface area contributed by atoms with Crippen molar-refractivity contribution >= 4 is 17.7 Å². The molecule has 1 N–H and O–H groups in total. The van der Waals surface area contributed by atoms with Crippen molar-refractivity contribution in [3.63, 3.8) is 0 Å². The summed E-state index contributed by atoms with van der Waals surface area (Å²) in [5.74, 6) is 1.42. The van der Waals surface area contributed by atoms with Gasteiger partial charge in [-0.05, 0) is 39.2 Å². The lowest BCUT2D eigenvalue weighted by Crippen LogP contribution is -2.49. The van der Waals surface area contributed by atoms with Crippen molar-refractivity contribution in [2.45, 2.75) is 6.92 Å². The number of aromatic nitrogens is 3. The highest BCUT2D eigenvalue weighted by Gasteiger charge is 2.24. The van der Waals surface area contributed by atoms with Crippen LogP contribution >= 0.6 is 0 Å². The van der Waals surface area contributed by atoms with Crippen molar-refractivity contribution < 1.29 is 4.79 Å². The second-order valence-electron chi connectivity index (χ2n) is 6.92. The third-order valence-electron chi connectivity index (χ3n) is 4.46. The Hall–Kier alpha value is -2.74. The fourth-order valence-corrected chi connectivity index (χ4v) is 2.99. The third kappa shape index (κ3) is 5.13. The van der Waals surface area contributed by atoms with Crippen LogP contribution in [0.4, 0.5) is 11.8 Å². The summed E-state index contributed by atoms with van der Waals surface area (Å²) in [5.41, 5.74) is 1.23. The predicted molar refractivity (Wildman–Crippen MR) is 106 cm³/mol. The van der Waals surface area contributed by atoms with E-state index in [0.29, 0.717) is 24.7 Å². The minimum atomic E-state index is -0.0446. The topological polar surface area (TPSA) is 77.5 Å². The van der Waals surface area contributed by atoms with Crippen molar-refractivity contribution in [2.75, 3.05) is 63.6 Å². The van der Waals surface area contributed by atoms with Crippen molar-refractivity contribution in [1.29, 1.82) is 0 Å². The van der Waals surface area contributed by atoms with Gasteiger partial charge >= 0.3 is 0 Å². The maximum absolute atomic E-state index is 12.9. The van der Waals surface area contributed by atoms with Gasteiger partial charge in [0.25, 0.3) is 5.91 Å². The molecule has 0 atom stereocenters. The molecule has 2 aromatic rings. The molecule has 0 radical (unpaired) electrons. The molecule has 0 spiro atoms. The fraction of sp³-hybridized carbons (Fsp3) is 0.474. The van der Waals surface area contributed by atoms with Crippen LogP contribution in [0.5, 0.6) is 0 Å². The summed E-state index contributed by atoms with van der Waals surface area (Å²) in [6, 6.07) is 7.64. The van der Waals surface area contributed by atoms with Crippen LogP contribution in [0.3, 0.4) is 0 Å². The summed E-state index contributed by atoms with van der Waals surface area (Å²) in [5, 5.41) is 3.19. The predicted octanol–water partition coefficient (Wildman–Crippen LogP) is 1.12. The number of hydrogen-bond donors (Lipinski definition) is 1. The van der Waals surface area contributed by atoms with Crippen LogP contribution < -0.4 is 10.2 Å². The van der Waals surface area contributed by atoms with Crippen LogP contribution in [-0.4, -0.2) is 84.0 Å². The number of hydrogen-bond acceptors (Lipinski definition) is 7. The maximum Gasteiger partial charge on any atom is 0.272 e. The van der Waals surface area contributed by atoms with Gasteiger partial charge in [0, 0.05) is 51.2 Å². The SMILES string of the molecule is Cc1cc(C(=O)N2CCN(c3ccccn3)CC2)nc(NCCN(C)C)n1. The van der Waals surface area contributed by atoms with Gasteiger partial charge in [-0.1, -0.05) is 6.07 Å². The first kappa shape index (κ1) is 19.0. The minimum absolute atomic E-state index is 0.0446. The van der Waals surface area contributed by atoms with Gasteiger partial charge in [0.2, 0.25) is 5.95 Å². The van der Waals surface area contributed by atoms with Gasteiger partial charge in [-0.3, -0.25) is 4.79 Å². The Bertz CT molecular complexity index is 758. The van der Waals surface area contributed by atoms with E-state index in [9.17, 15) is 4.79 Å². The van der Waals surface area contributed by atoms with E-state index in [2.05, 4.69) is 30.1 Å². The summed E-state index contributed by atoms with van der Waals surface area (Å²) in [6.07, 6.45) is 1.79. The van der Waals surface area contributed by atoms with Gasteiger partial charge in [0.05, 0.1) is 0 Å². The summed E-state index contributed by atoms with van der Waals surface area (Å²) in [7, 11) is 4.02. The van der Waals surface area contributed by atoms with E-state index in [1.54, 1.807) is 12.3 Å². The molecule has 8 heteroatoms. The Balaban J connectivity index is 1.61. The van der Waals surface area contributed by atoms with Crippen LogP contribution in [0.1, 0.15) is 16.2 Å². The summed E-state index contributed by atoms with van der Waals surface area (Å²) in [4.78, 5) is 32.2. The molecule has 1 fully saturated rings. The Labute approximate surface area is 160 Å². The number of aryl methyl sites for hydroxylation is 1. The quantitative estimate of drug-likeness (QED) is 0.817. The molecule has 27 heavy (non-hydrogen) atoms. The number of anilines is 2. The molecule has 3 heterocycles. The molecule has 1 amide bonds. The number of pyridine rings is 1. The van der Waals surface area contributed by atoms with Crippen LogP contribution in [0.25, 0.3) is 0 Å². The van der Waals surface area contributed by atoms with Gasteiger partial charge in [0.15, 0.2) is 0 Å². The molecule has 3 rings (SSSR count). The summed E-state index contributed by atoms with van der Waals surface area (Å²) in [6.45, 7) is 6.32. The Morgan fingerprint density at radius 2 is 1.96 bits per heavy atom. The molecule has 0 bridgehead atoms. The van der Waals surface area contributed by atoms with E-state index < -0.39 is 0 Å². The molecule has 1 saturated heterocycles. The highest BCUT2D eigenvalue weighted by atomic mass is 16.2. The zero-order valence-electron chi connectivity index (χ0n) is 16.2. The fourth-order valence-electron chi connectivity index (χ4n) is 2.99. The molecule has 1 aliphatic heterocycles. The normalized spacial score (nSPS) is 14.5. The van der Waals surface area contributed by atoms with Gasteiger partial charge in [-0.15, -0.1) is 0 Å². The lowest BCUT2D eigenvalue weighted by molar-refractivity contribution is 0.0740. The van der Waals surface area contributed by atoms with Crippen LogP contribution in [-0.2, 0) is 0 Å². The lowest BCUT2D eigenvalue weighted by atomic mass is 10.2. The highest BCUT2D eigenvalue weighted by molar-refractivity contribution is 5.92. The van der Waals surface area contributed by atoms with Gasteiger partial charge in [-0.25, -0.2) is 15.0 Å². The number of carbonyl (C=O) groups is 1. The van der Waals surface area contributed by atoms with E-state index >= 15 is 0 Å². The number of rotatable bonds is 6. The first-order valence-corrected chi connectivity index (χ1v) is 9.22. The Morgan fingerprint density at radius 1 is 1.19 bits per heavy atom. The minimum Gasteiger partial charge on any atom is -0.353 e. The highest BCUT2D eigenvalue weighted by Crippen LogP contribution is 2.15. The molecule has 8 nitrogen and oxygen atoms in total. The molecule has 0 unspecified atom stereocenters. The second-order valence-corrected chi connectivity index (χ2v) is 6.92. The number of likely N-dealkylation sites (N-methyl/N-ethyl adjacent to an activating group) is 1. The first-order valence-electron chi connectivity index (χ1n) is 9.22. The lowest BCUT2D eigenvalue weighted by Gasteiger charge is -2.35. The number of carbonyl (C=O) groups excluding carboxylic acids is 1. The number of piperazine rings is 1. The molecule has 0 aliphatic carbocycles. The second kappa shape index (κ2) is 8.77. The van der Waals surface area contributed by atoms with E-state index in [0.717, 1.165) is 37.7 Å². The summed E-state index contributed by atoms with van der Waals surface area (Å²) >= 11 is 0. The smallest absolute Gasteiger partial charge is 0.272 e. The maximum atomic E-state index is 12.9. The van der Waals surface area contributed by atoms with Crippen LogP contribution in [0, 0.1) is 6.92 Å². The molecule has 0 aromatic carbocycles. The summed E-state index contributed by atoms with van der Waals surface area (Å²) < 4.78 is 0. The Kier molecular flexibility index (Phi) is 6.18. The standard InChI is InChI=1S/C19H27N7O/c1-15-14-16(23-19(22-15)21-8-9-24(2)3)18(27)26-12-10-25(11-13-26)17-6-4-5-7-20-17/h4-7,14H,8-13H2,1-3H3,(H,21,22,23). The monoisotopic (exact) mass is 369 g/mol. The molecule has 2 aromatic heterocycles. The van der Waals surface area contributed by atoms with Gasteiger partial charge < -0.3 is 20.0 Å². The molecule has 144 valence electrons. The van der Waals surface area contributed by atoms with Crippen LogP contribution in [0.15, 0.2) is 30.5 Å². The Morgan fingerprint density at radius 3 is 2.63 bits per heavy atom. The largest absolute Gasteiger partial charge is 0.353 e. The van der Waals surface area contributed by atoms with Crippen molar-refractivity contribution in [3.8, 4) is 0 Å². The van der Waals surface area contributed by atoms with E-state index in [-0.39, 0.29) is 5.91 Å². The number of amides is 1. The van der Waals surface area contributed by atoms with Crippen molar-refractivity contribution in [1.82, 2.24) is 24.8 Å². The molecular weight excluding hydrogens is 342 g/mol. The first-order chi connectivity index (χ1) is 13.0. The zero-order chi connectivity index (χ0) is 19.2. The van der Waals surface area contributed by atoms with Crippen LogP contribution in [0.2, 0.25) is 0 Å². The molecule has 0 saturated carbocycles. The average Bonchev–Trinajstić information content (AvgIpc) is 2.67. The van der Waals surface area contributed by atoms with Gasteiger partial charge in [0.1, 0.15) is 11.5 Å². The van der Waals surface area contributed by atoms with E-state index in [4.69, 9.17) is 0 Å². The molecular formula is C19H27N7O. The zero-order valence-corrected chi connectivity index (χ0v) is 16.2. The molecule has 1 aliphatic rings. The number of nitrogens with one attached hydrogen (secondary N) is 1. The van der Waals surface area contributed by atoms with Gasteiger partial charge in [-0.2, -0.15) is 0 Å². The third-order valence-corrected chi connectivity index (χ3v) is 4.46. The van der Waals surface area contributed by atoms with E-state index in [1.165, 1.54) is 0 Å². The average molecular weight is 369 g/mol.